The molecule has 17 heavy (non-hydrogen) atoms. The fraction of sp³-hybridized carbons (Fsp3) is 0.571. The lowest BCUT2D eigenvalue weighted by molar-refractivity contribution is 0.260. The zero-order valence-electron chi connectivity index (χ0n) is 11.2. The van der Waals surface area contributed by atoms with Crippen LogP contribution in [-0.4, -0.2) is 24.4 Å². The van der Waals surface area contributed by atoms with Gasteiger partial charge in [0.1, 0.15) is 5.75 Å². The van der Waals surface area contributed by atoms with Crippen LogP contribution in [0.3, 0.4) is 0 Å². The van der Waals surface area contributed by atoms with Gasteiger partial charge >= 0.3 is 0 Å². The van der Waals surface area contributed by atoms with E-state index in [0.29, 0.717) is 6.42 Å². The molecule has 0 aliphatic rings. The molecule has 3 nitrogen and oxygen atoms in total. The van der Waals surface area contributed by atoms with Gasteiger partial charge < -0.3 is 15.2 Å². The third-order valence-corrected chi connectivity index (χ3v) is 2.88. The van der Waals surface area contributed by atoms with Gasteiger partial charge in [-0.05, 0) is 44.4 Å². The standard InChI is InChI=1S/C14H23NO2/c1-5-11-6-7-13(17-4)12(10-11)15-14(2,3)8-9-16/h6-7,10,15-16H,5,8-9H2,1-4H3. The number of anilines is 1. The van der Waals surface area contributed by atoms with Crippen molar-refractivity contribution in [1.82, 2.24) is 0 Å². The van der Waals surface area contributed by atoms with E-state index in [0.717, 1.165) is 17.9 Å². The number of nitrogens with one attached hydrogen (secondary N) is 1. The largest absolute Gasteiger partial charge is 0.495 e. The van der Waals surface area contributed by atoms with Gasteiger partial charge in [-0.15, -0.1) is 0 Å². The predicted molar refractivity (Wildman–Crippen MR) is 71.8 cm³/mol. The highest BCUT2D eigenvalue weighted by Gasteiger charge is 2.18. The summed E-state index contributed by atoms with van der Waals surface area (Å²) in [4.78, 5) is 0. The van der Waals surface area contributed by atoms with Gasteiger partial charge in [-0.25, -0.2) is 0 Å². The molecular weight excluding hydrogens is 214 g/mol. The molecule has 0 atom stereocenters. The van der Waals surface area contributed by atoms with Crippen molar-refractivity contribution in [2.45, 2.75) is 39.2 Å². The minimum atomic E-state index is -0.144. The van der Waals surface area contributed by atoms with Gasteiger partial charge in [-0.2, -0.15) is 0 Å². The van der Waals surface area contributed by atoms with Crippen LogP contribution in [0.2, 0.25) is 0 Å². The number of ether oxygens (including phenoxy) is 1. The number of aliphatic hydroxyl groups is 1. The van der Waals surface area contributed by atoms with E-state index < -0.39 is 0 Å². The second kappa shape index (κ2) is 5.92. The Morgan fingerprint density at radius 1 is 1.35 bits per heavy atom. The average Bonchev–Trinajstić information content (AvgIpc) is 2.28. The Morgan fingerprint density at radius 2 is 2.06 bits per heavy atom. The van der Waals surface area contributed by atoms with Crippen LogP contribution in [0.15, 0.2) is 18.2 Å². The zero-order chi connectivity index (χ0) is 12.9. The van der Waals surface area contributed by atoms with E-state index in [-0.39, 0.29) is 12.1 Å². The highest BCUT2D eigenvalue weighted by atomic mass is 16.5. The molecule has 0 amide bonds. The first-order valence-corrected chi connectivity index (χ1v) is 6.08. The molecule has 0 unspecified atom stereocenters. The van der Waals surface area contributed by atoms with E-state index in [4.69, 9.17) is 9.84 Å². The Morgan fingerprint density at radius 3 is 2.59 bits per heavy atom. The molecule has 0 aliphatic heterocycles. The Balaban J connectivity index is 2.94. The van der Waals surface area contributed by atoms with E-state index in [1.54, 1.807) is 7.11 Å². The number of methoxy groups -OCH3 is 1. The third-order valence-electron chi connectivity index (χ3n) is 2.88. The number of hydrogen-bond acceptors (Lipinski definition) is 3. The highest BCUT2D eigenvalue weighted by Crippen LogP contribution is 2.29. The Kier molecular flexibility index (Phi) is 4.82. The number of aryl methyl sites for hydroxylation is 1. The van der Waals surface area contributed by atoms with Crippen molar-refractivity contribution < 1.29 is 9.84 Å². The molecule has 1 rings (SSSR count). The number of benzene rings is 1. The summed E-state index contributed by atoms with van der Waals surface area (Å²) in [6.07, 6.45) is 1.70. The van der Waals surface area contributed by atoms with Gasteiger partial charge in [-0.1, -0.05) is 13.0 Å². The van der Waals surface area contributed by atoms with Crippen LogP contribution in [0.5, 0.6) is 5.75 Å². The molecule has 0 spiro atoms. The van der Waals surface area contributed by atoms with Crippen LogP contribution >= 0.6 is 0 Å². The van der Waals surface area contributed by atoms with Crippen LogP contribution in [-0.2, 0) is 6.42 Å². The van der Waals surface area contributed by atoms with Crippen molar-refractivity contribution >= 4 is 5.69 Å². The zero-order valence-corrected chi connectivity index (χ0v) is 11.2. The normalized spacial score (nSPS) is 11.4. The molecule has 0 fully saturated rings. The van der Waals surface area contributed by atoms with Crippen LogP contribution < -0.4 is 10.1 Å². The molecular formula is C14H23NO2. The summed E-state index contributed by atoms with van der Waals surface area (Å²) in [5.41, 5.74) is 2.12. The number of rotatable bonds is 6. The van der Waals surface area contributed by atoms with E-state index in [2.05, 4.69) is 38.2 Å². The van der Waals surface area contributed by atoms with Crippen LogP contribution in [0.4, 0.5) is 5.69 Å². The van der Waals surface area contributed by atoms with Crippen LogP contribution in [0.25, 0.3) is 0 Å². The lowest BCUT2D eigenvalue weighted by Crippen LogP contribution is -2.32. The first-order chi connectivity index (χ1) is 8.02. The number of aliphatic hydroxyl groups excluding tert-OH is 1. The minimum Gasteiger partial charge on any atom is -0.495 e. The van der Waals surface area contributed by atoms with Crippen LogP contribution in [0.1, 0.15) is 32.8 Å². The molecule has 0 saturated carbocycles. The second-order valence-electron chi connectivity index (χ2n) is 4.87. The molecule has 1 aromatic carbocycles. The monoisotopic (exact) mass is 237 g/mol. The third kappa shape index (κ3) is 3.93. The molecule has 0 aromatic heterocycles. The molecule has 0 heterocycles. The maximum absolute atomic E-state index is 9.04. The topological polar surface area (TPSA) is 41.5 Å². The summed E-state index contributed by atoms with van der Waals surface area (Å²) in [5, 5.41) is 12.5. The predicted octanol–water partition coefficient (Wildman–Crippen LogP) is 2.83. The molecule has 96 valence electrons. The quantitative estimate of drug-likeness (QED) is 0.799. The lowest BCUT2D eigenvalue weighted by Gasteiger charge is -2.28. The van der Waals surface area contributed by atoms with Crippen molar-refractivity contribution in [3.63, 3.8) is 0 Å². The minimum absolute atomic E-state index is 0.144. The van der Waals surface area contributed by atoms with Crippen molar-refractivity contribution in [3.8, 4) is 5.75 Å². The summed E-state index contributed by atoms with van der Waals surface area (Å²) in [5.74, 6) is 0.841. The average molecular weight is 237 g/mol. The maximum Gasteiger partial charge on any atom is 0.141 e. The molecule has 0 bridgehead atoms. The fourth-order valence-corrected chi connectivity index (χ4v) is 1.78. The lowest BCUT2D eigenvalue weighted by atomic mass is 10.00. The van der Waals surface area contributed by atoms with Crippen molar-refractivity contribution in [1.29, 1.82) is 0 Å². The Bertz CT molecular complexity index is 361. The van der Waals surface area contributed by atoms with E-state index in [9.17, 15) is 0 Å². The summed E-state index contributed by atoms with van der Waals surface area (Å²) >= 11 is 0. The highest BCUT2D eigenvalue weighted by molar-refractivity contribution is 5.59. The molecule has 2 N–H and O–H groups in total. The Labute approximate surface area is 104 Å². The van der Waals surface area contributed by atoms with Gasteiger partial charge in [0, 0.05) is 12.1 Å². The summed E-state index contributed by atoms with van der Waals surface area (Å²) in [7, 11) is 1.67. The molecule has 1 aromatic rings. The van der Waals surface area contributed by atoms with E-state index in [1.807, 2.05) is 6.07 Å². The first kappa shape index (κ1) is 13.8. The summed E-state index contributed by atoms with van der Waals surface area (Å²) in [6.45, 7) is 6.45. The maximum atomic E-state index is 9.04. The smallest absolute Gasteiger partial charge is 0.141 e. The summed E-state index contributed by atoms with van der Waals surface area (Å²) < 4.78 is 5.34. The SMILES string of the molecule is CCc1ccc(OC)c(NC(C)(C)CCO)c1. The van der Waals surface area contributed by atoms with Crippen LogP contribution in [0, 0.1) is 0 Å². The van der Waals surface area contributed by atoms with Gasteiger partial charge in [0.25, 0.3) is 0 Å². The molecule has 0 aliphatic carbocycles. The first-order valence-electron chi connectivity index (χ1n) is 6.08. The Hall–Kier alpha value is -1.22. The van der Waals surface area contributed by atoms with Crippen molar-refractivity contribution in [3.05, 3.63) is 23.8 Å². The van der Waals surface area contributed by atoms with Gasteiger partial charge in [-0.3, -0.25) is 0 Å². The molecule has 0 saturated heterocycles. The second-order valence-corrected chi connectivity index (χ2v) is 4.87. The summed E-state index contributed by atoms with van der Waals surface area (Å²) in [6, 6.07) is 6.16. The fourth-order valence-electron chi connectivity index (χ4n) is 1.78. The van der Waals surface area contributed by atoms with Gasteiger partial charge in [0.05, 0.1) is 12.8 Å². The van der Waals surface area contributed by atoms with Gasteiger partial charge in [0.2, 0.25) is 0 Å². The van der Waals surface area contributed by atoms with E-state index >= 15 is 0 Å². The molecule has 0 radical (unpaired) electrons. The van der Waals surface area contributed by atoms with Crippen molar-refractivity contribution in [2.24, 2.45) is 0 Å². The van der Waals surface area contributed by atoms with Gasteiger partial charge in [0.15, 0.2) is 0 Å². The number of hydrogen-bond donors (Lipinski definition) is 2. The van der Waals surface area contributed by atoms with Crippen molar-refractivity contribution in [2.75, 3.05) is 19.0 Å². The van der Waals surface area contributed by atoms with E-state index in [1.165, 1.54) is 5.56 Å². The molecule has 3 heteroatoms.